The zero-order chi connectivity index (χ0) is 20.3. The molecule has 1 aromatic carbocycles. The van der Waals surface area contributed by atoms with Gasteiger partial charge in [-0.15, -0.1) is 0 Å². The van der Waals surface area contributed by atoms with Crippen LogP contribution in [0, 0.1) is 30.5 Å². The van der Waals surface area contributed by atoms with Crippen molar-refractivity contribution in [2.45, 2.75) is 6.92 Å². The molecule has 2 fully saturated rings. The molecule has 0 radical (unpaired) electrons. The maximum atomic E-state index is 15.0. The van der Waals surface area contributed by atoms with Crippen LogP contribution in [0.25, 0.3) is 21.9 Å². The van der Waals surface area contributed by atoms with Gasteiger partial charge >= 0.3 is 0 Å². The monoisotopic (exact) mass is 393 g/mol. The van der Waals surface area contributed by atoms with Gasteiger partial charge in [0.15, 0.2) is 5.82 Å². The molecule has 3 atom stereocenters. The SMILES string of the molecule is Cc1c(N)cncc1-c1cc2cc(NC(=O)[C@@H]3[C@@H]4COC[C@@H]43)ncc2c(N)c1F. The standard InChI is InChI=1S/C21H20FN5O2/c1-9-12(4-25-6-16(9)23)11-2-10-3-17(26-5-13(10)20(24)19(11)22)27-21(28)18-14-7-29-8-15(14)18/h2-6,14-15,18H,7-8,23-24H2,1H3,(H,26,27,28)/t14-,15+,18-. The maximum Gasteiger partial charge on any atom is 0.229 e. The number of nitrogen functional groups attached to an aromatic ring is 2. The number of anilines is 3. The number of pyridine rings is 2. The lowest BCUT2D eigenvalue weighted by molar-refractivity contribution is -0.118. The number of nitrogens with zero attached hydrogens (tertiary/aromatic N) is 2. The normalized spacial score (nSPS) is 22.5. The molecule has 3 aromatic rings. The first kappa shape index (κ1) is 17.8. The van der Waals surface area contributed by atoms with Gasteiger partial charge in [0.25, 0.3) is 0 Å². The number of hydrogen-bond acceptors (Lipinski definition) is 6. The van der Waals surface area contributed by atoms with Crippen LogP contribution < -0.4 is 16.8 Å². The van der Waals surface area contributed by atoms with Crippen LogP contribution >= 0.6 is 0 Å². The van der Waals surface area contributed by atoms with E-state index < -0.39 is 5.82 Å². The lowest BCUT2D eigenvalue weighted by atomic mass is 9.97. The zero-order valence-electron chi connectivity index (χ0n) is 15.8. The van der Waals surface area contributed by atoms with Gasteiger partial charge in [0.2, 0.25) is 5.91 Å². The van der Waals surface area contributed by atoms with Crippen LogP contribution in [-0.4, -0.2) is 29.1 Å². The van der Waals surface area contributed by atoms with Crippen molar-refractivity contribution in [1.82, 2.24) is 9.97 Å². The second-order valence-electron chi connectivity index (χ2n) is 7.72. The number of hydrogen-bond donors (Lipinski definition) is 3. The number of ether oxygens (including phenoxy) is 1. The average molecular weight is 393 g/mol. The first-order valence-corrected chi connectivity index (χ1v) is 9.42. The number of aromatic nitrogens is 2. The van der Waals surface area contributed by atoms with Gasteiger partial charge < -0.3 is 21.5 Å². The van der Waals surface area contributed by atoms with E-state index in [9.17, 15) is 9.18 Å². The van der Waals surface area contributed by atoms with E-state index in [2.05, 4.69) is 15.3 Å². The summed E-state index contributed by atoms with van der Waals surface area (Å²) >= 11 is 0. The third-order valence-electron chi connectivity index (χ3n) is 6.05. The second kappa shape index (κ2) is 6.38. The van der Waals surface area contributed by atoms with Crippen molar-refractivity contribution in [1.29, 1.82) is 0 Å². The van der Waals surface area contributed by atoms with Gasteiger partial charge in [-0.05, 0) is 41.8 Å². The third-order valence-corrected chi connectivity index (χ3v) is 6.05. The number of rotatable bonds is 3. The van der Waals surface area contributed by atoms with Crippen LogP contribution in [0.4, 0.5) is 21.6 Å². The van der Waals surface area contributed by atoms with E-state index in [0.29, 0.717) is 58.5 Å². The van der Waals surface area contributed by atoms with Crippen molar-refractivity contribution >= 4 is 33.9 Å². The van der Waals surface area contributed by atoms with Gasteiger partial charge in [-0.3, -0.25) is 9.78 Å². The maximum absolute atomic E-state index is 15.0. The number of nitrogens with one attached hydrogen (secondary N) is 1. The van der Waals surface area contributed by atoms with Crippen LogP contribution in [0.1, 0.15) is 5.56 Å². The minimum atomic E-state index is -0.544. The van der Waals surface area contributed by atoms with Gasteiger partial charge in [-0.1, -0.05) is 0 Å². The van der Waals surface area contributed by atoms with E-state index >= 15 is 0 Å². The number of carbonyl (C=O) groups excluding carboxylic acids is 1. The van der Waals surface area contributed by atoms with Crippen molar-refractivity contribution in [3.8, 4) is 11.1 Å². The minimum Gasteiger partial charge on any atom is -0.397 e. The van der Waals surface area contributed by atoms with Crippen molar-refractivity contribution in [3.05, 3.63) is 42.1 Å². The predicted octanol–water partition coefficient (Wildman–Crippen LogP) is 2.74. The Bertz CT molecular complexity index is 1160. The summed E-state index contributed by atoms with van der Waals surface area (Å²) in [4.78, 5) is 20.8. The first-order chi connectivity index (χ1) is 14.0. The molecule has 0 spiro atoms. The molecule has 1 aliphatic carbocycles. The molecule has 0 bridgehead atoms. The predicted molar refractivity (Wildman–Crippen MR) is 108 cm³/mol. The Hall–Kier alpha value is -3.26. The lowest BCUT2D eigenvalue weighted by Crippen LogP contribution is -2.19. The molecule has 0 unspecified atom stereocenters. The van der Waals surface area contributed by atoms with E-state index in [0.717, 1.165) is 5.56 Å². The molecule has 29 heavy (non-hydrogen) atoms. The highest BCUT2D eigenvalue weighted by molar-refractivity contribution is 6.00. The Labute approximate surface area is 166 Å². The second-order valence-corrected chi connectivity index (χ2v) is 7.72. The third kappa shape index (κ3) is 2.79. The summed E-state index contributed by atoms with van der Waals surface area (Å²) in [6, 6.07) is 3.39. The summed E-state index contributed by atoms with van der Waals surface area (Å²) in [6.07, 6.45) is 4.57. The number of halogens is 1. The van der Waals surface area contributed by atoms with Crippen LogP contribution in [0.2, 0.25) is 0 Å². The minimum absolute atomic E-state index is 0.00132. The first-order valence-electron chi connectivity index (χ1n) is 9.42. The summed E-state index contributed by atoms with van der Waals surface area (Å²) in [5.74, 6) is 0.416. The average Bonchev–Trinajstić information content (AvgIpc) is 3.19. The van der Waals surface area contributed by atoms with Gasteiger partial charge in [-0.2, -0.15) is 0 Å². The Morgan fingerprint density at radius 2 is 1.93 bits per heavy atom. The van der Waals surface area contributed by atoms with E-state index in [4.69, 9.17) is 16.2 Å². The summed E-state index contributed by atoms with van der Waals surface area (Å²) in [7, 11) is 0. The van der Waals surface area contributed by atoms with Crippen molar-refractivity contribution in [2.24, 2.45) is 17.8 Å². The molecule has 1 amide bonds. The molecular formula is C21H20FN5O2. The van der Waals surface area contributed by atoms with E-state index in [1.165, 1.54) is 12.4 Å². The van der Waals surface area contributed by atoms with Gasteiger partial charge in [0.1, 0.15) is 5.82 Å². The molecule has 3 heterocycles. The van der Waals surface area contributed by atoms with E-state index in [1.54, 1.807) is 25.3 Å². The topological polar surface area (TPSA) is 116 Å². The molecule has 148 valence electrons. The molecule has 7 nitrogen and oxygen atoms in total. The molecule has 5 N–H and O–H groups in total. The van der Waals surface area contributed by atoms with Crippen LogP contribution in [0.5, 0.6) is 0 Å². The summed E-state index contributed by atoms with van der Waals surface area (Å²) in [6.45, 7) is 3.09. The quantitative estimate of drug-likeness (QED) is 0.589. The largest absolute Gasteiger partial charge is 0.397 e. The molecule has 2 aliphatic rings. The number of carbonyl (C=O) groups is 1. The van der Waals surface area contributed by atoms with E-state index in [1.807, 2.05) is 0 Å². The fraction of sp³-hybridized carbons (Fsp3) is 0.286. The Balaban J connectivity index is 1.52. The summed E-state index contributed by atoms with van der Waals surface area (Å²) in [5, 5.41) is 4.02. The zero-order valence-corrected chi connectivity index (χ0v) is 15.8. The van der Waals surface area contributed by atoms with Crippen LogP contribution in [0.3, 0.4) is 0 Å². The van der Waals surface area contributed by atoms with Gasteiger partial charge in [-0.25, -0.2) is 9.37 Å². The molecule has 1 saturated heterocycles. The smallest absolute Gasteiger partial charge is 0.229 e. The van der Waals surface area contributed by atoms with Crippen molar-refractivity contribution in [2.75, 3.05) is 30.0 Å². The Morgan fingerprint density at radius 1 is 1.17 bits per heavy atom. The van der Waals surface area contributed by atoms with Gasteiger partial charge in [0.05, 0.1) is 30.8 Å². The highest BCUT2D eigenvalue weighted by Crippen LogP contribution is 2.51. The molecule has 1 saturated carbocycles. The Kier molecular flexibility index (Phi) is 3.92. The molecule has 8 heteroatoms. The highest BCUT2D eigenvalue weighted by atomic mass is 19.1. The van der Waals surface area contributed by atoms with E-state index in [-0.39, 0.29) is 17.5 Å². The number of nitrogens with two attached hydrogens (primary N) is 2. The highest BCUT2D eigenvalue weighted by Gasteiger charge is 2.58. The lowest BCUT2D eigenvalue weighted by Gasteiger charge is -2.13. The number of fused-ring (bicyclic) bond motifs is 2. The molecular weight excluding hydrogens is 373 g/mol. The molecule has 5 rings (SSSR count). The fourth-order valence-corrected chi connectivity index (χ4v) is 4.21. The van der Waals surface area contributed by atoms with Crippen LogP contribution in [0.15, 0.2) is 30.7 Å². The number of benzene rings is 1. The number of amides is 1. The van der Waals surface area contributed by atoms with Gasteiger partial charge in [0, 0.05) is 34.8 Å². The summed E-state index contributed by atoms with van der Waals surface area (Å²) < 4.78 is 20.3. The van der Waals surface area contributed by atoms with Crippen LogP contribution in [-0.2, 0) is 9.53 Å². The molecule has 1 aliphatic heterocycles. The van der Waals surface area contributed by atoms with Crippen molar-refractivity contribution in [3.63, 3.8) is 0 Å². The fourth-order valence-electron chi connectivity index (χ4n) is 4.21. The molecule has 2 aromatic heterocycles. The van der Waals surface area contributed by atoms with Crippen molar-refractivity contribution < 1.29 is 13.9 Å². The summed E-state index contributed by atoms with van der Waals surface area (Å²) in [5.41, 5.74) is 14.1. The Morgan fingerprint density at radius 3 is 2.69 bits per heavy atom.